The lowest BCUT2D eigenvalue weighted by Crippen LogP contribution is -2.19. The van der Waals surface area contributed by atoms with Crippen molar-refractivity contribution in [3.05, 3.63) is 40.0 Å². The molecule has 5 nitrogen and oxygen atoms in total. The molecule has 2 aromatic rings. The highest BCUT2D eigenvalue weighted by atomic mass is 32.1. The topological polar surface area (TPSA) is 66.9 Å². The summed E-state index contributed by atoms with van der Waals surface area (Å²) in [6, 6.07) is 5.30. The van der Waals surface area contributed by atoms with Gasteiger partial charge in [-0.05, 0) is 19.1 Å². The first-order valence-corrected chi connectivity index (χ1v) is 6.41. The molecule has 0 aromatic carbocycles. The van der Waals surface area contributed by atoms with Gasteiger partial charge in [0.05, 0.1) is 6.54 Å². The Kier molecular flexibility index (Phi) is 3.88. The predicted octanol–water partition coefficient (Wildman–Crippen LogP) is 1.82. The van der Waals surface area contributed by atoms with E-state index in [0.717, 1.165) is 10.7 Å². The molecular formula is C12H14N4OS. The van der Waals surface area contributed by atoms with Gasteiger partial charge in [0.2, 0.25) is 0 Å². The summed E-state index contributed by atoms with van der Waals surface area (Å²) in [5.74, 6) is 0.479. The van der Waals surface area contributed by atoms with Crippen LogP contribution in [0.25, 0.3) is 0 Å². The molecule has 0 atom stereocenters. The van der Waals surface area contributed by atoms with E-state index in [1.54, 1.807) is 30.5 Å². The molecule has 0 aliphatic carbocycles. The van der Waals surface area contributed by atoms with Crippen LogP contribution < -0.4 is 10.6 Å². The molecule has 0 saturated carbocycles. The third-order valence-corrected chi connectivity index (χ3v) is 3.26. The van der Waals surface area contributed by atoms with Gasteiger partial charge in [-0.1, -0.05) is 6.07 Å². The fourth-order valence-corrected chi connectivity index (χ4v) is 2.15. The van der Waals surface area contributed by atoms with Gasteiger partial charge in [0, 0.05) is 18.1 Å². The Hall–Kier alpha value is -1.95. The number of rotatable bonds is 4. The first-order valence-electron chi connectivity index (χ1n) is 5.53. The molecule has 2 aromatic heterocycles. The number of thiazole rings is 1. The molecule has 0 bridgehead atoms. The number of aryl methyl sites for hydroxylation is 1. The van der Waals surface area contributed by atoms with Gasteiger partial charge >= 0.3 is 0 Å². The zero-order valence-corrected chi connectivity index (χ0v) is 11.0. The predicted molar refractivity (Wildman–Crippen MR) is 71.8 cm³/mol. The minimum absolute atomic E-state index is 0.191. The van der Waals surface area contributed by atoms with Crippen LogP contribution in [0.3, 0.4) is 0 Å². The van der Waals surface area contributed by atoms with Crippen molar-refractivity contribution >= 4 is 23.1 Å². The fourth-order valence-electron chi connectivity index (χ4n) is 1.44. The molecule has 0 spiro atoms. The molecule has 1 amide bonds. The zero-order valence-electron chi connectivity index (χ0n) is 10.2. The minimum Gasteiger partial charge on any atom is -0.364 e. The van der Waals surface area contributed by atoms with Crippen LogP contribution in [0.1, 0.15) is 21.2 Å². The summed E-state index contributed by atoms with van der Waals surface area (Å²) in [5.41, 5.74) is 1.42. The SMILES string of the molecule is CNC(=O)c1cccc(NCc2nc(C)cs2)n1. The number of amides is 1. The van der Waals surface area contributed by atoms with Gasteiger partial charge in [-0.15, -0.1) is 11.3 Å². The molecule has 0 fully saturated rings. The molecule has 0 aliphatic rings. The van der Waals surface area contributed by atoms with Crippen LogP contribution in [0.15, 0.2) is 23.6 Å². The molecule has 0 radical (unpaired) electrons. The maximum absolute atomic E-state index is 11.4. The number of pyridine rings is 1. The lowest BCUT2D eigenvalue weighted by Gasteiger charge is -2.05. The van der Waals surface area contributed by atoms with Crippen molar-refractivity contribution in [2.75, 3.05) is 12.4 Å². The van der Waals surface area contributed by atoms with Crippen LogP contribution in [-0.4, -0.2) is 22.9 Å². The maximum atomic E-state index is 11.4. The Morgan fingerprint density at radius 3 is 2.89 bits per heavy atom. The van der Waals surface area contributed by atoms with Crippen LogP contribution >= 0.6 is 11.3 Å². The van der Waals surface area contributed by atoms with Crippen LogP contribution in [0.2, 0.25) is 0 Å². The highest BCUT2D eigenvalue weighted by Crippen LogP contribution is 2.11. The Morgan fingerprint density at radius 2 is 2.22 bits per heavy atom. The van der Waals surface area contributed by atoms with E-state index < -0.39 is 0 Å². The van der Waals surface area contributed by atoms with Crippen LogP contribution in [-0.2, 0) is 6.54 Å². The lowest BCUT2D eigenvalue weighted by atomic mass is 10.3. The molecule has 6 heteroatoms. The van der Waals surface area contributed by atoms with Crippen molar-refractivity contribution in [2.45, 2.75) is 13.5 Å². The average molecular weight is 262 g/mol. The molecule has 0 saturated heterocycles. The molecule has 0 unspecified atom stereocenters. The first-order chi connectivity index (χ1) is 8.69. The van der Waals surface area contributed by atoms with Crippen molar-refractivity contribution in [3.63, 3.8) is 0 Å². The molecule has 2 N–H and O–H groups in total. The first kappa shape index (κ1) is 12.5. The molecule has 2 heterocycles. The third-order valence-electron chi connectivity index (χ3n) is 2.30. The second-order valence-electron chi connectivity index (χ2n) is 3.72. The summed E-state index contributed by atoms with van der Waals surface area (Å²) >= 11 is 1.60. The normalized spacial score (nSPS) is 10.1. The Morgan fingerprint density at radius 1 is 1.39 bits per heavy atom. The van der Waals surface area contributed by atoms with Crippen LogP contribution in [0.5, 0.6) is 0 Å². The lowest BCUT2D eigenvalue weighted by molar-refractivity contribution is 0.0958. The number of anilines is 1. The van der Waals surface area contributed by atoms with Gasteiger partial charge in [-0.25, -0.2) is 9.97 Å². The van der Waals surface area contributed by atoms with Crippen molar-refractivity contribution < 1.29 is 4.79 Å². The molecule has 0 aliphatic heterocycles. The summed E-state index contributed by atoms with van der Waals surface area (Å²) < 4.78 is 0. The van der Waals surface area contributed by atoms with Gasteiger partial charge in [-0.3, -0.25) is 4.79 Å². The fraction of sp³-hybridized carbons (Fsp3) is 0.250. The Balaban J connectivity index is 2.03. The van der Waals surface area contributed by atoms with E-state index in [1.807, 2.05) is 18.4 Å². The largest absolute Gasteiger partial charge is 0.364 e. The smallest absolute Gasteiger partial charge is 0.269 e. The summed E-state index contributed by atoms with van der Waals surface area (Å²) in [7, 11) is 1.59. The van der Waals surface area contributed by atoms with Gasteiger partial charge in [0.25, 0.3) is 5.91 Å². The molecule has 2 rings (SSSR count). The van der Waals surface area contributed by atoms with E-state index in [2.05, 4.69) is 20.6 Å². The number of carbonyl (C=O) groups excluding carboxylic acids is 1. The molecular weight excluding hydrogens is 248 g/mol. The second kappa shape index (κ2) is 5.59. The third kappa shape index (κ3) is 3.04. The monoisotopic (exact) mass is 262 g/mol. The van der Waals surface area contributed by atoms with Crippen molar-refractivity contribution in [3.8, 4) is 0 Å². The van der Waals surface area contributed by atoms with Crippen molar-refractivity contribution in [1.82, 2.24) is 15.3 Å². The highest BCUT2D eigenvalue weighted by Gasteiger charge is 2.05. The number of nitrogens with one attached hydrogen (secondary N) is 2. The van der Waals surface area contributed by atoms with Crippen LogP contribution in [0.4, 0.5) is 5.82 Å². The second-order valence-corrected chi connectivity index (χ2v) is 4.67. The van der Waals surface area contributed by atoms with E-state index in [0.29, 0.717) is 18.1 Å². The Bertz CT molecular complexity index is 553. The van der Waals surface area contributed by atoms with E-state index in [9.17, 15) is 4.79 Å². The standard InChI is InChI=1S/C12H14N4OS/c1-8-7-18-11(15-8)6-14-10-5-3-4-9(16-10)12(17)13-2/h3-5,7H,6H2,1-2H3,(H,13,17)(H,14,16). The number of aromatic nitrogens is 2. The number of carbonyl (C=O) groups is 1. The summed E-state index contributed by atoms with van der Waals surface area (Å²) in [5, 5.41) is 8.70. The van der Waals surface area contributed by atoms with Crippen molar-refractivity contribution in [2.24, 2.45) is 0 Å². The molecule has 18 heavy (non-hydrogen) atoms. The average Bonchev–Trinajstić information content (AvgIpc) is 2.81. The summed E-state index contributed by atoms with van der Waals surface area (Å²) in [4.78, 5) is 20.0. The van der Waals surface area contributed by atoms with Crippen molar-refractivity contribution in [1.29, 1.82) is 0 Å². The number of hydrogen-bond acceptors (Lipinski definition) is 5. The van der Waals surface area contributed by atoms with E-state index >= 15 is 0 Å². The molecule has 94 valence electrons. The number of nitrogens with zero attached hydrogens (tertiary/aromatic N) is 2. The highest BCUT2D eigenvalue weighted by molar-refractivity contribution is 7.09. The number of hydrogen-bond donors (Lipinski definition) is 2. The summed E-state index contributed by atoms with van der Waals surface area (Å²) in [6.07, 6.45) is 0. The van der Waals surface area contributed by atoms with Gasteiger partial charge in [-0.2, -0.15) is 0 Å². The van der Waals surface area contributed by atoms with Gasteiger partial charge in [0.1, 0.15) is 16.5 Å². The van der Waals surface area contributed by atoms with Gasteiger partial charge < -0.3 is 10.6 Å². The summed E-state index contributed by atoms with van der Waals surface area (Å²) in [6.45, 7) is 2.58. The van der Waals surface area contributed by atoms with E-state index in [1.165, 1.54) is 0 Å². The minimum atomic E-state index is -0.191. The zero-order chi connectivity index (χ0) is 13.0. The quantitative estimate of drug-likeness (QED) is 0.882. The van der Waals surface area contributed by atoms with E-state index in [4.69, 9.17) is 0 Å². The van der Waals surface area contributed by atoms with Gasteiger partial charge in [0.15, 0.2) is 0 Å². The van der Waals surface area contributed by atoms with E-state index in [-0.39, 0.29) is 5.91 Å². The van der Waals surface area contributed by atoms with Crippen LogP contribution in [0, 0.1) is 6.92 Å². The maximum Gasteiger partial charge on any atom is 0.269 e. The Labute approximate surface area is 109 Å².